The monoisotopic (exact) mass is 456 g/mol. The molecule has 1 N–H and O–H groups in total. The average molecular weight is 457 g/mol. The molecule has 3 heterocycles. The maximum Gasteiger partial charge on any atom is 0.181 e. The van der Waals surface area contributed by atoms with Gasteiger partial charge in [-0.2, -0.15) is 0 Å². The van der Waals surface area contributed by atoms with Crippen LogP contribution in [0.25, 0.3) is 0 Å². The Bertz CT molecular complexity index is 1090. The molecule has 1 atom stereocenters. The molecule has 0 radical (unpaired) electrons. The topological polar surface area (TPSA) is 102 Å². The van der Waals surface area contributed by atoms with E-state index in [-0.39, 0.29) is 23.1 Å². The predicted octanol–water partition coefficient (Wildman–Crippen LogP) is 3.39. The lowest BCUT2D eigenvalue weighted by Gasteiger charge is -2.30. The highest BCUT2D eigenvalue weighted by atomic mass is 35.5. The molecule has 0 saturated heterocycles. The second-order valence-corrected chi connectivity index (χ2v) is 8.29. The van der Waals surface area contributed by atoms with E-state index in [1.165, 1.54) is 29.9 Å². The number of hydrogen-bond acceptors (Lipinski definition) is 8. The maximum absolute atomic E-state index is 12.2. The number of ketones is 1. The number of ether oxygens (including phenoxy) is 1. The minimum atomic E-state index is -0.592. The lowest BCUT2D eigenvalue weighted by Crippen LogP contribution is -2.36. The largest absolute Gasteiger partial charge is 0.486 e. The van der Waals surface area contributed by atoms with Crippen molar-refractivity contribution in [1.82, 2.24) is 19.9 Å². The van der Waals surface area contributed by atoms with Crippen LogP contribution in [0.4, 0.5) is 0 Å². The third kappa shape index (κ3) is 5.70. The summed E-state index contributed by atoms with van der Waals surface area (Å²) in [6, 6.07) is 7.54. The number of carbonyl (C=O) groups excluding carboxylic acids is 1. The van der Waals surface area contributed by atoms with E-state index in [9.17, 15) is 9.90 Å². The zero-order valence-corrected chi connectivity index (χ0v) is 18.6. The summed E-state index contributed by atoms with van der Waals surface area (Å²) in [6.07, 6.45) is 3.56. The van der Waals surface area contributed by atoms with Crippen molar-refractivity contribution in [1.29, 1.82) is 0 Å². The number of aliphatic hydroxyl groups excluding tert-OH is 1. The zero-order valence-electron chi connectivity index (χ0n) is 17.8. The SMILES string of the molecule is Cc1ncoc1COc1ccc2c(c1)CCN(C[C@@H](O)CCC(=O)c1cc(Cl)ncn1)C2. The molecule has 4 rings (SSSR count). The van der Waals surface area contributed by atoms with Gasteiger partial charge >= 0.3 is 0 Å². The molecule has 2 aromatic heterocycles. The van der Waals surface area contributed by atoms with E-state index in [2.05, 4.69) is 32.0 Å². The molecular weight excluding hydrogens is 432 g/mol. The molecule has 3 aromatic rings. The third-order valence-corrected chi connectivity index (χ3v) is 5.78. The molecule has 1 aliphatic rings. The Hall–Kier alpha value is -2.81. The highest BCUT2D eigenvalue weighted by molar-refractivity contribution is 6.29. The first-order valence-corrected chi connectivity index (χ1v) is 10.9. The molecular formula is C23H25ClN4O4. The molecule has 1 aliphatic heterocycles. The Kier molecular flexibility index (Phi) is 7.14. The van der Waals surface area contributed by atoms with Gasteiger partial charge in [0.2, 0.25) is 0 Å². The summed E-state index contributed by atoms with van der Waals surface area (Å²) in [4.78, 5) is 26.2. The van der Waals surface area contributed by atoms with Gasteiger partial charge in [0.1, 0.15) is 29.5 Å². The molecule has 8 nitrogen and oxygen atoms in total. The molecule has 32 heavy (non-hydrogen) atoms. The first kappa shape index (κ1) is 22.4. The fraction of sp³-hybridized carbons (Fsp3) is 0.391. The number of Topliss-reactive ketones (excluding diaryl/α,β-unsaturated/α-hetero) is 1. The number of aromatic nitrogens is 3. The molecule has 0 aliphatic carbocycles. The van der Waals surface area contributed by atoms with E-state index < -0.39 is 6.10 Å². The van der Waals surface area contributed by atoms with Crippen molar-refractivity contribution in [3.8, 4) is 5.75 Å². The van der Waals surface area contributed by atoms with Gasteiger partial charge in [0.25, 0.3) is 0 Å². The van der Waals surface area contributed by atoms with Crippen molar-refractivity contribution in [2.75, 3.05) is 13.1 Å². The Morgan fingerprint density at radius 3 is 2.94 bits per heavy atom. The molecule has 1 aromatic carbocycles. The summed E-state index contributed by atoms with van der Waals surface area (Å²) in [6.45, 7) is 4.34. The normalized spacial score (nSPS) is 14.7. The Morgan fingerprint density at radius 1 is 1.28 bits per heavy atom. The standard InChI is InChI=1S/C23H25ClN4O4/c1-15-22(32-14-27-15)12-31-19-4-2-17-10-28(7-6-16(17)8-19)11-18(29)3-5-21(30)20-9-23(24)26-13-25-20/h2,4,8-9,13-14,18,29H,3,5-7,10-12H2,1H3/t18-/m0/s1. The van der Waals surface area contributed by atoms with Crippen LogP contribution in [0.15, 0.2) is 41.4 Å². The average Bonchev–Trinajstić information content (AvgIpc) is 3.20. The van der Waals surface area contributed by atoms with Crippen LogP contribution in [0.1, 0.15) is 45.9 Å². The highest BCUT2D eigenvalue weighted by Crippen LogP contribution is 2.25. The fourth-order valence-corrected chi connectivity index (χ4v) is 3.90. The molecule has 168 valence electrons. The van der Waals surface area contributed by atoms with E-state index in [0.717, 1.165) is 36.7 Å². The van der Waals surface area contributed by atoms with Crippen molar-refractivity contribution in [2.24, 2.45) is 0 Å². The molecule has 0 bridgehead atoms. The Morgan fingerprint density at radius 2 is 2.16 bits per heavy atom. The molecule has 0 fully saturated rings. The van der Waals surface area contributed by atoms with E-state index in [4.69, 9.17) is 20.8 Å². The molecule has 0 saturated carbocycles. The summed E-state index contributed by atoms with van der Waals surface area (Å²) < 4.78 is 11.2. The van der Waals surface area contributed by atoms with E-state index >= 15 is 0 Å². The van der Waals surface area contributed by atoms with Crippen LogP contribution in [-0.4, -0.2) is 49.9 Å². The van der Waals surface area contributed by atoms with Gasteiger partial charge in [0.15, 0.2) is 17.9 Å². The number of β-amino-alcohol motifs (C(OH)–C–C–N with tert-alkyl or cyclic N) is 1. The number of nitrogens with zero attached hydrogens (tertiary/aromatic N) is 4. The van der Waals surface area contributed by atoms with Crippen LogP contribution in [0.5, 0.6) is 5.75 Å². The van der Waals surface area contributed by atoms with Crippen LogP contribution in [0.3, 0.4) is 0 Å². The van der Waals surface area contributed by atoms with Gasteiger partial charge in [0, 0.05) is 32.1 Å². The lowest BCUT2D eigenvalue weighted by atomic mass is 9.98. The minimum Gasteiger partial charge on any atom is -0.486 e. The maximum atomic E-state index is 12.2. The summed E-state index contributed by atoms with van der Waals surface area (Å²) in [5, 5.41) is 10.7. The first-order chi connectivity index (χ1) is 15.5. The Labute approximate surface area is 191 Å². The van der Waals surface area contributed by atoms with Crippen LogP contribution in [0.2, 0.25) is 5.15 Å². The number of benzene rings is 1. The number of hydrogen-bond donors (Lipinski definition) is 1. The number of oxazole rings is 1. The van der Waals surface area contributed by atoms with Crippen molar-refractivity contribution in [3.05, 3.63) is 70.4 Å². The summed E-state index contributed by atoms with van der Waals surface area (Å²) in [7, 11) is 0. The molecule has 0 unspecified atom stereocenters. The van der Waals surface area contributed by atoms with Crippen molar-refractivity contribution < 1.29 is 19.1 Å². The van der Waals surface area contributed by atoms with Crippen molar-refractivity contribution in [2.45, 2.75) is 45.4 Å². The molecule has 0 amide bonds. The van der Waals surface area contributed by atoms with Gasteiger partial charge in [0.05, 0.1) is 11.8 Å². The number of rotatable bonds is 9. The number of halogens is 1. The van der Waals surface area contributed by atoms with Crippen LogP contribution in [-0.2, 0) is 19.6 Å². The van der Waals surface area contributed by atoms with Crippen LogP contribution >= 0.6 is 11.6 Å². The van der Waals surface area contributed by atoms with Crippen LogP contribution < -0.4 is 4.74 Å². The smallest absolute Gasteiger partial charge is 0.181 e. The van der Waals surface area contributed by atoms with Gasteiger partial charge in [-0.3, -0.25) is 9.69 Å². The number of aliphatic hydroxyl groups is 1. The zero-order chi connectivity index (χ0) is 22.5. The van der Waals surface area contributed by atoms with E-state index in [1.54, 1.807) is 0 Å². The first-order valence-electron chi connectivity index (χ1n) is 10.5. The predicted molar refractivity (Wildman–Crippen MR) is 118 cm³/mol. The van der Waals surface area contributed by atoms with Gasteiger partial charge < -0.3 is 14.3 Å². The van der Waals surface area contributed by atoms with E-state index in [1.807, 2.05) is 13.0 Å². The summed E-state index contributed by atoms with van der Waals surface area (Å²) in [5.41, 5.74) is 3.58. The second-order valence-electron chi connectivity index (χ2n) is 7.91. The number of aryl methyl sites for hydroxylation is 1. The van der Waals surface area contributed by atoms with Crippen LogP contribution in [0, 0.1) is 6.92 Å². The highest BCUT2D eigenvalue weighted by Gasteiger charge is 2.20. The van der Waals surface area contributed by atoms with Crippen molar-refractivity contribution in [3.63, 3.8) is 0 Å². The summed E-state index contributed by atoms with van der Waals surface area (Å²) >= 11 is 5.80. The quantitative estimate of drug-likeness (QED) is 0.386. The van der Waals surface area contributed by atoms with Gasteiger partial charge in [-0.05, 0) is 43.0 Å². The number of fused-ring (bicyclic) bond motifs is 1. The molecule has 9 heteroatoms. The van der Waals surface area contributed by atoms with E-state index in [0.29, 0.717) is 19.6 Å². The summed E-state index contributed by atoms with van der Waals surface area (Å²) in [5.74, 6) is 1.38. The molecule has 0 spiro atoms. The lowest BCUT2D eigenvalue weighted by molar-refractivity contribution is 0.0833. The minimum absolute atomic E-state index is 0.148. The fourth-order valence-electron chi connectivity index (χ4n) is 3.75. The number of carbonyl (C=O) groups is 1. The second kappa shape index (κ2) is 10.2. The Balaban J connectivity index is 1.25. The van der Waals surface area contributed by atoms with Gasteiger partial charge in [-0.25, -0.2) is 15.0 Å². The van der Waals surface area contributed by atoms with Crippen molar-refractivity contribution >= 4 is 17.4 Å². The van der Waals surface area contributed by atoms with Gasteiger partial charge in [-0.1, -0.05) is 17.7 Å². The van der Waals surface area contributed by atoms with Gasteiger partial charge in [-0.15, -0.1) is 0 Å². The third-order valence-electron chi connectivity index (χ3n) is 5.58.